The fourth-order valence-corrected chi connectivity index (χ4v) is 4.75. The maximum atomic E-state index is 12.5. The van der Waals surface area contributed by atoms with Crippen molar-refractivity contribution < 1.29 is 14.4 Å². The Morgan fingerprint density at radius 3 is 2.11 bits per heavy atom. The molecule has 6 heteroatoms. The van der Waals surface area contributed by atoms with Gasteiger partial charge in [0, 0.05) is 24.5 Å². The molecule has 3 fully saturated rings. The van der Waals surface area contributed by atoms with Crippen LogP contribution >= 0.6 is 0 Å². The van der Waals surface area contributed by atoms with Gasteiger partial charge < -0.3 is 10.2 Å². The summed E-state index contributed by atoms with van der Waals surface area (Å²) in [7, 11) is 0. The molecule has 2 unspecified atom stereocenters. The quantitative estimate of drug-likeness (QED) is 0.812. The molecule has 1 aromatic rings. The Hall–Kier alpha value is -2.37. The highest BCUT2D eigenvalue weighted by Gasteiger charge is 2.48. The van der Waals surface area contributed by atoms with Crippen molar-refractivity contribution in [3.05, 3.63) is 24.3 Å². The number of rotatable bonds is 4. The zero-order chi connectivity index (χ0) is 19.7. The van der Waals surface area contributed by atoms with Crippen LogP contribution in [0.3, 0.4) is 0 Å². The second-order valence-electron chi connectivity index (χ2n) is 8.52. The average Bonchev–Trinajstić information content (AvgIpc) is 2.94. The summed E-state index contributed by atoms with van der Waals surface area (Å²) in [5.41, 5.74) is 1.86. The summed E-state index contributed by atoms with van der Waals surface area (Å²) < 4.78 is 0. The molecule has 2 saturated heterocycles. The van der Waals surface area contributed by atoms with E-state index in [4.69, 9.17) is 0 Å². The Kier molecular flexibility index (Phi) is 5.38. The van der Waals surface area contributed by atoms with Gasteiger partial charge in [0.25, 0.3) is 0 Å². The van der Waals surface area contributed by atoms with Crippen molar-refractivity contribution in [2.45, 2.75) is 45.4 Å². The van der Waals surface area contributed by atoms with Gasteiger partial charge in [0.2, 0.25) is 17.7 Å². The van der Waals surface area contributed by atoms with Gasteiger partial charge in [-0.25, -0.2) is 0 Å². The number of carbonyl (C=O) groups excluding carboxylic acids is 3. The molecule has 0 spiro atoms. The summed E-state index contributed by atoms with van der Waals surface area (Å²) in [5.74, 6) is -0.283. The number of piperidine rings is 1. The number of carbonyl (C=O) groups is 3. The van der Waals surface area contributed by atoms with E-state index in [0.29, 0.717) is 5.69 Å². The fourth-order valence-electron chi connectivity index (χ4n) is 4.75. The third-order valence-electron chi connectivity index (χ3n) is 6.53. The lowest BCUT2D eigenvalue weighted by molar-refractivity contribution is -0.142. The van der Waals surface area contributed by atoms with Gasteiger partial charge in [-0.05, 0) is 55.9 Å². The minimum absolute atomic E-state index is 0.167. The highest BCUT2D eigenvalue weighted by molar-refractivity contribution is 6.08. The summed E-state index contributed by atoms with van der Waals surface area (Å²) in [6.07, 6.45) is 5.93. The van der Waals surface area contributed by atoms with Crippen molar-refractivity contribution in [2.24, 2.45) is 17.8 Å². The van der Waals surface area contributed by atoms with E-state index < -0.39 is 0 Å². The first-order chi connectivity index (χ1) is 13.5. The number of benzene rings is 1. The molecule has 3 amide bonds. The highest BCUT2D eigenvalue weighted by atomic mass is 16.2. The molecule has 6 nitrogen and oxygen atoms in total. The molecule has 2 atom stereocenters. The molecule has 0 bridgehead atoms. The van der Waals surface area contributed by atoms with Gasteiger partial charge in [0.15, 0.2) is 0 Å². The van der Waals surface area contributed by atoms with Gasteiger partial charge in [-0.15, -0.1) is 0 Å². The van der Waals surface area contributed by atoms with Crippen LogP contribution in [0.25, 0.3) is 0 Å². The van der Waals surface area contributed by atoms with Crippen molar-refractivity contribution in [2.75, 3.05) is 29.9 Å². The molecule has 2 heterocycles. The molecule has 1 aliphatic carbocycles. The van der Waals surface area contributed by atoms with Crippen molar-refractivity contribution in [1.82, 2.24) is 4.90 Å². The van der Waals surface area contributed by atoms with Crippen LogP contribution < -0.4 is 10.2 Å². The smallest absolute Gasteiger partial charge is 0.244 e. The van der Waals surface area contributed by atoms with Crippen LogP contribution in [0.4, 0.5) is 11.4 Å². The van der Waals surface area contributed by atoms with Crippen LogP contribution in [0, 0.1) is 17.8 Å². The monoisotopic (exact) mass is 383 g/mol. The Labute approximate surface area is 166 Å². The van der Waals surface area contributed by atoms with E-state index in [1.54, 1.807) is 0 Å². The van der Waals surface area contributed by atoms with Gasteiger partial charge in [-0.1, -0.05) is 19.8 Å². The number of nitrogens with zero attached hydrogens (tertiary/aromatic N) is 2. The third-order valence-corrected chi connectivity index (χ3v) is 6.53. The van der Waals surface area contributed by atoms with E-state index >= 15 is 0 Å². The van der Waals surface area contributed by atoms with Crippen molar-refractivity contribution in [3.63, 3.8) is 0 Å². The maximum absolute atomic E-state index is 12.5. The number of fused-ring (bicyclic) bond motifs is 1. The van der Waals surface area contributed by atoms with Gasteiger partial charge in [0.1, 0.15) is 6.54 Å². The minimum atomic E-state index is -0.320. The Morgan fingerprint density at radius 2 is 1.54 bits per heavy atom. The molecule has 4 rings (SSSR count). The van der Waals surface area contributed by atoms with Crippen LogP contribution in [0.1, 0.15) is 45.4 Å². The first-order valence-corrected chi connectivity index (χ1v) is 10.5. The fraction of sp³-hybridized carbons (Fsp3) is 0.591. The molecular weight excluding hydrogens is 354 g/mol. The number of anilines is 2. The SMILES string of the molecule is CC1CCN(c2ccc(NC(=O)CN3C(=O)C4CCCCC4C3=O)cc2)CC1. The molecule has 1 N–H and O–H groups in total. The summed E-state index contributed by atoms with van der Waals surface area (Å²) in [5, 5.41) is 2.82. The number of imide groups is 1. The predicted molar refractivity (Wildman–Crippen MR) is 108 cm³/mol. The molecule has 150 valence electrons. The van der Waals surface area contributed by atoms with E-state index in [2.05, 4.69) is 17.1 Å². The van der Waals surface area contributed by atoms with Crippen LogP contribution in [0.2, 0.25) is 0 Å². The molecular formula is C22H29N3O3. The second kappa shape index (κ2) is 7.94. The highest BCUT2D eigenvalue weighted by Crippen LogP contribution is 2.37. The van der Waals surface area contributed by atoms with Gasteiger partial charge in [-0.2, -0.15) is 0 Å². The van der Waals surface area contributed by atoms with E-state index in [1.807, 2.05) is 24.3 Å². The number of nitrogens with one attached hydrogen (secondary N) is 1. The summed E-state index contributed by atoms with van der Waals surface area (Å²) in [6.45, 7) is 4.24. The number of likely N-dealkylation sites (tertiary alicyclic amines) is 1. The van der Waals surface area contributed by atoms with Crippen LogP contribution in [0.15, 0.2) is 24.3 Å². The Morgan fingerprint density at radius 1 is 0.964 bits per heavy atom. The first kappa shape index (κ1) is 19.0. The normalized spacial score (nSPS) is 25.8. The first-order valence-electron chi connectivity index (χ1n) is 10.5. The standard InChI is InChI=1S/C22H29N3O3/c1-15-10-12-24(13-11-15)17-8-6-16(7-9-17)23-20(26)14-25-21(27)18-4-2-3-5-19(18)22(25)28/h6-9,15,18-19H,2-5,10-14H2,1H3,(H,23,26). The molecule has 0 radical (unpaired) electrons. The molecule has 2 aliphatic heterocycles. The van der Waals surface area contributed by atoms with Crippen molar-refractivity contribution >= 4 is 29.1 Å². The number of hydrogen-bond acceptors (Lipinski definition) is 4. The maximum Gasteiger partial charge on any atom is 0.244 e. The molecule has 1 aromatic carbocycles. The Bertz CT molecular complexity index is 729. The zero-order valence-electron chi connectivity index (χ0n) is 16.5. The minimum Gasteiger partial charge on any atom is -0.372 e. The van der Waals surface area contributed by atoms with E-state index in [1.165, 1.54) is 23.4 Å². The number of hydrogen-bond donors (Lipinski definition) is 1. The lowest BCUT2D eigenvalue weighted by Gasteiger charge is -2.32. The van der Waals surface area contributed by atoms with E-state index in [-0.39, 0.29) is 36.1 Å². The lowest BCUT2D eigenvalue weighted by Crippen LogP contribution is -2.38. The van der Waals surface area contributed by atoms with E-state index in [0.717, 1.165) is 44.7 Å². The number of amides is 3. The predicted octanol–water partition coefficient (Wildman–Crippen LogP) is 3.04. The van der Waals surface area contributed by atoms with E-state index in [9.17, 15) is 14.4 Å². The molecule has 0 aromatic heterocycles. The average molecular weight is 383 g/mol. The van der Waals surface area contributed by atoms with Gasteiger partial charge in [0.05, 0.1) is 11.8 Å². The van der Waals surface area contributed by atoms with Crippen LogP contribution in [-0.4, -0.2) is 42.3 Å². The molecule has 3 aliphatic rings. The molecule has 1 saturated carbocycles. The summed E-state index contributed by atoms with van der Waals surface area (Å²) in [4.78, 5) is 41.0. The van der Waals surface area contributed by atoms with Crippen molar-refractivity contribution in [3.8, 4) is 0 Å². The Balaban J connectivity index is 1.34. The largest absolute Gasteiger partial charge is 0.372 e. The topological polar surface area (TPSA) is 69.7 Å². The lowest BCUT2D eigenvalue weighted by atomic mass is 9.81. The van der Waals surface area contributed by atoms with Crippen molar-refractivity contribution in [1.29, 1.82) is 0 Å². The zero-order valence-corrected chi connectivity index (χ0v) is 16.5. The summed E-state index contributed by atoms with van der Waals surface area (Å²) >= 11 is 0. The van der Waals surface area contributed by atoms with Gasteiger partial charge in [-0.3, -0.25) is 19.3 Å². The van der Waals surface area contributed by atoms with Crippen LogP contribution in [0.5, 0.6) is 0 Å². The summed E-state index contributed by atoms with van der Waals surface area (Å²) in [6, 6.07) is 7.82. The third kappa shape index (κ3) is 3.77. The molecule has 28 heavy (non-hydrogen) atoms. The van der Waals surface area contributed by atoms with Gasteiger partial charge >= 0.3 is 0 Å². The van der Waals surface area contributed by atoms with Crippen LogP contribution in [-0.2, 0) is 14.4 Å². The second-order valence-corrected chi connectivity index (χ2v) is 8.52.